The van der Waals surface area contributed by atoms with Crippen molar-refractivity contribution in [3.8, 4) is 0 Å². The van der Waals surface area contributed by atoms with E-state index < -0.39 is 0 Å². The number of anilines is 1. The van der Waals surface area contributed by atoms with Gasteiger partial charge in [0.2, 0.25) is 5.65 Å². The molecule has 1 saturated heterocycles. The Morgan fingerprint density at radius 3 is 2.85 bits per heavy atom. The summed E-state index contributed by atoms with van der Waals surface area (Å²) in [5.74, 6) is 0.145. The van der Waals surface area contributed by atoms with E-state index in [4.69, 9.17) is 0 Å². The third-order valence-electron chi connectivity index (χ3n) is 5.06. The highest BCUT2D eigenvalue weighted by Gasteiger charge is 2.21. The molecule has 1 N–H and O–H groups in total. The summed E-state index contributed by atoms with van der Waals surface area (Å²) in [7, 11) is 0. The monoisotopic (exact) mass is 368 g/mol. The number of piperidine rings is 1. The molecule has 27 heavy (non-hydrogen) atoms. The van der Waals surface area contributed by atoms with E-state index in [9.17, 15) is 4.39 Å². The molecule has 0 saturated carbocycles. The Kier molecular flexibility index (Phi) is 5.03. The van der Waals surface area contributed by atoms with E-state index in [1.165, 1.54) is 12.1 Å². The Labute approximate surface area is 158 Å². The van der Waals surface area contributed by atoms with Gasteiger partial charge in [-0.2, -0.15) is 9.61 Å². The van der Waals surface area contributed by atoms with Crippen LogP contribution in [0.1, 0.15) is 43.9 Å². The fourth-order valence-electron chi connectivity index (χ4n) is 3.62. The zero-order chi connectivity index (χ0) is 18.8. The first-order valence-corrected chi connectivity index (χ1v) is 9.53. The van der Waals surface area contributed by atoms with Gasteiger partial charge in [0.15, 0.2) is 0 Å². The minimum atomic E-state index is -0.187. The van der Waals surface area contributed by atoms with Gasteiger partial charge in [-0.3, -0.25) is 4.90 Å². The highest BCUT2D eigenvalue weighted by atomic mass is 19.1. The van der Waals surface area contributed by atoms with Crippen LogP contribution < -0.4 is 5.32 Å². The standard InChI is InChI=1S/C20H25FN6/c1-14(2)18-10-19(20-24-22-13-27(20)25-18)23-17-4-3-9-26(12-17)11-15-5-7-16(21)8-6-15/h5-8,10,13-14,17,23H,3-4,9,11-12H2,1-2H3. The molecule has 2 aromatic heterocycles. The first-order valence-electron chi connectivity index (χ1n) is 9.53. The van der Waals surface area contributed by atoms with Crippen molar-refractivity contribution in [1.29, 1.82) is 0 Å². The summed E-state index contributed by atoms with van der Waals surface area (Å²) in [6.07, 6.45) is 3.89. The lowest BCUT2D eigenvalue weighted by atomic mass is 10.0. The number of hydrogen-bond acceptors (Lipinski definition) is 5. The van der Waals surface area contributed by atoms with Gasteiger partial charge in [0, 0.05) is 19.1 Å². The molecular weight excluding hydrogens is 343 g/mol. The third-order valence-corrected chi connectivity index (χ3v) is 5.06. The first kappa shape index (κ1) is 17.9. The summed E-state index contributed by atoms with van der Waals surface area (Å²) >= 11 is 0. The van der Waals surface area contributed by atoms with Crippen molar-refractivity contribution in [2.45, 2.75) is 45.2 Å². The molecule has 3 heterocycles. The van der Waals surface area contributed by atoms with Crippen molar-refractivity contribution in [3.05, 3.63) is 53.7 Å². The lowest BCUT2D eigenvalue weighted by molar-refractivity contribution is 0.208. The Morgan fingerprint density at radius 2 is 2.07 bits per heavy atom. The molecule has 1 atom stereocenters. The second kappa shape index (κ2) is 7.60. The number of hydrogen-bond donors (Lipinski definition) is 1. The van der Waals surface area contributed by atoms with Crippen molar-refractivity contribution < 1.29 is 4.39 Å². The quantitative estimate of drug-likeness (QED) is 0.747. The Balaban J connectivity index is 1.48. The molecule has 6 nitrogen and oxygen atoms in total. The summed E-state index contributed by atoms with van der Waals surface area (Å²) in [6.45, 7) is 7.10. The molecule has 7 heteroatoms. The van der Waals surface area contributed by atoms with Crippen LogP contribution in [0.15, 0.2) is 36.7 Å². The largest absolute Gasteiger partial charge is 0.378 e. The van der Waals surface area contributed by atoms with E-state index in [1.807, 2.05) is 12.1 Å². The molecule has 0 amide bonds. The second-order valence-electron chi connectivity index (χ2n) is 7.58. The van der Waals surface area contributed by atoms with E-state index in [1.54, 1.807) is 10.8 Å². The maximum atomic E-state index is 13.1. The van der Waals surface area contributed by atoms with Crippen LogP contribution in [-0.2, 0) is 6.54 Å². The van der Waals surface area contributed by atoms with Crippen LogP contribution in [-0.4, -0.2) is 43.8 Å². The number of fused-ring (bicyclic) bond motifs is 1. The van der Waals surface area contributed by atoms with Crippen molar-refractivity contribution in [2.24, 2.45) is 0 Å². The highest BCUT2D eigenvalue weighted by molar-refractivity contribution is 5.67. The number of nitrogens with zero attached hydrogens (tertiary/aromatic N) is 5. The van der Waals surface area contributed by atoms with Gasteiger partial charge in [0.05, 0.1) is 11.4 Å². The second-order valence-corrected chi connectivity index (χ2v) is 7.58. The van der Waals surface area contributed by atoms with Crippen LogP contribution in [0, 0.1) is 5.82 Å². The van der Waals surface area contributed by atoms with Crippen molar-refractivity contribution in [3.63, 3.8) is 0 Å². The minimum absolute atomic E-state index is 0.187. The zero-order valence-corrected chi connectivity index (χ0v) is 15.8. The van der Waals surface area contributed by atoms with Crippen LogP contribution in [0.2, 0.25) is 0 Å². The number of rotatable bonds is 5. The first-order chi connectivity index (χ1) is 13.1. The molecule has 0 spiro atoms. The smallest absolute Gasteiger partial charge is 0.200 e. The van der Waals surface area contributed by atoms with Gasteiger partial charge in [-0.1, -0.05) is 26.0 Å². The molecule has 1 fully saturated rings. The van der Waals surface area contributed by atoms with Gasteiger partial charge < -0.3 is 5.32 Å². The number of halogens is 1. The average molecular weight is 368 g/mol. The van der Waals surface area contributed by atoms with Gasteiger partial charge in [-0.05, 0) is 49.1 Å². The van der Waals surface area contributed by atoms with Crippen molar-refractivity contribution >= 4 is 11.3 Å². The molecule has 0 bridgehead atoms. The summed E-state index contributed by atoms with van der Waals surface area (Å²) in [5.41, 5.74) is 3.90. The Morgan fingerprint density at radius 1 is 1.26 bits per heavy atom. The van der Waals surface area contributed by atoms with Gasteiger partial charge in [-0.15, -0.1) is 10.2 Å². The van der Waals surface area contributed by atoms with Crippen LogP contribution >= 0.6 is 0 Å². The van der Waals surface area contributed by atoms with Crippen LogP contribution in [0.3, 0.4) is 0 Å². The predicted molar refractivity (Wildman–Crippen MR) is 103 cm³/mol. The number of likely N-dealkylation sites (tertiary alicyclic amines) is 1. The topological polar surface area (TPSA) is 58.3 Å². The molecule has 142 valence electrons. The summed E-state index contributed by atoms with van der Waals surface area (Å²) < 4.78 is 14.9. The Hall–Kier alpha value is -2.54. The molecule has 1 aliphatic heterocycles. The van der Waals surface area contributed by atoms with Crippen molar-refractivity contribution in [1.82, 2.24) is 24.7 Å². The van der Waals surface area contributed by atoms with Crippen molar-refractivity contribution in [2.75, 3.05) is 18.4 Å². The van der Waals surface area contributed by atoms with E-state index in [-0.39, 0.29) is 5.82 Å². The van der Waals surface area contributed by atoms with Gasteiger partial charge >= 0.3 is 0 Å². The molecule has 0 radical (unpaired) electrons. The summed E-state index contributed by atoms with van der Waals surface area (Å²) in [6, 6.07) is 9.21. The Bertz CT molecular complexity index is 904. The average Bonchev–Trinajstić information content (AvgIpc) is 3.13. The lowest BCUT2D eigenvalue weighted by Crippen LogP contribution is -2.41. The third kappa shape index (κ3) is 4.08. The normalized spacial score (nSPS) is 18.3. The molecule has 0 aliphatic carbocycles. The lowest BCUT2D eigenvalue weighted by Gasteiger charge is -2.33. The summed E-state index contributed by atoms with van der Waals surface area (Å²) in [5, 5.41) is 16.5. The van der Waals surface area contributed by atoms with E-state index in [0.29, 0.717) is 12.0 Å². The fourth-order valence-corrected chi connectivity index (χ4v) is 3.62. The number of aromatic nitrogens is 4. The molecule has 1 aromatic carbocycles. The highest BCUT2D eigenvalue weighted by Crippen LogP contribution is 2.23. The number of benzene rings is 1. The van der Waals surface area contributed by atoms with Gasteiger partial charge in [0.1, 0.15) is 12.1 Å². The van der Waals surface area contributed by atoms with E-state index in [2.05, 4.69) is 45.4 Å². The molecule has 3 aromatic rings. The maximum Gasteiger partial charge on any atom is 0.200 e. The van der Waals surface area contributed by atoms with E-state index >= 15 is 0 Å². The van der Waals surface area contributed by atoms with Crippen LogP contribution in [0.5, 0.6) is 0 Å². The van der Waals surface area contributed by atoms with Crippen LogP contribution in [0.25, 0.3) is 5.65 Å². The summed E-state index contributed by atoms with van der Waals surface area (Å²) in [4.78, 5) is 2.42. The predicted octanol–water partition coefficient (Wildman–Crippen LogP) is 3.46. The van der Waals surface area contributed by atoms with Crippen LogP contribution in [0.4, 0.5) is 10.1 Å². The molecule has 1 aliphatic rings. The van der Waals surface area contributed by atoms with E-state index in [0.717, 1.165) is 55.1 Å². The number of nitrogens with one attached hydrogen (secondary N) is 1. The SMILES string of the molecule is CC(C)c1cc(NC2CCCN(Cc3ccc(F)cc3)C2)c2nncn2n1. The maximum absolute atomic E-state index is 13.1. The molecular formula is C20H25FN6. The zero-order valence-electron chi connectivity index (χ0n) is 15.8. The minimum Gasteiger partial charge on any atom is -0.378 e. The molecule has 4 rings (SSSR count). The van der Waals surface area contributed by atoms with Gasteiger partial charge in [0.25, 0.3) is 0 Å². The fraction of sp³-hybridized carbons (Fsp3) is 0.450. The molecule has 1 unspecified atom stereocenters. The van der Waals surface area contributed by atoms with Gasteiger partial charge in [-0.25, -0.2) is 4.39 Å².